The second-order valence-corrected chi connectivity index (χ2v) is 7.55. The Morgan fingerprint density at radius 2 is 1.64 bits per heavy atom. The summed E-state index contributed by atoms with van der Waals surface area (Å²) in [6, 6.07) is 0.365. The van der Waals surface area contributed by atoms with Crippen LogP contribution < -0.4 is 9.80 Å². The lowest BCUT2D eigenvalue weighted by Crippen LogP contribution is -2.48. The van der Waals surface area contributed by atoms with Gasteiger partial charge < -0.3 is 14.9 Å². The first kappa shape index (κ1) is 20.8. The van der Waals surface area contributed by atoms with Gasteiger partial charge in [0.1, 0.15) is 0 Å². The molecule has 28 heavy (non-hydrogen) atoms. The maximum atomic E-state index is 9.38. The molecule has 0 radical (unpaired) electrons. The summed E-state index contributed by atoms with van der Waals surface area (Å²) < 4.78 is 0. The van der Waals surface area contributed by atoms with E-state index in [4.69, 9.17) is 0 Å². The topological polar surface area (TPSA) is 84.4 Å². The van der Waals surface area contributed by atoms with E-state index in [2.05, 4.69) is 41.8 Å². The summed E-state index contributed by atoms with van der Waals surface area (Å²) in [4.78, 5) is 16.5. The van der Waals surface area contributed by atoms with E-state index in [9.17, 15) is 5.11 Å². The number of hydrogen-bond donors (Lipinski definition) is 2. The minimum atomic E-state index is 0. The first-order chi connectivity index (χ1) is 13.3. The van der Waals surface area contributed by atoms with E-state index in [1.54, 1.807) is 12.4 Å². The number of nitrogens with zero attached hydrogens (tertiary/aromatic N) is 6. The molecule has 0 spiro atoms. The van der Waals surface area contributed by atoms with Gasteiger partial charge >= 0.3 is 0 Å². The van der Waals surface area contributed by atoms with Gasteiger partial charge in [0.15, 0.2) is 11.6 Å². The number of nitrogens with one attached hydrogen (secondary N) is 1. The van der Waals surface area contributed by atoms with E-state index in [1.165, 1.54) is 5.56 Å². The summed E-state index contributed by atoms with van der Waals surface area (Å²) in [6.45, 7) is 8.28. The average Bonchev–Trinajstić information content (AvgIpc) is 3.28. The third-order valence-electron chi connectivity index (χ3n) is 6.00. The zero-order valence-electron chi connectivity index (χ0n) is 16.4. The van der Waals surface area contributed by atoms with Gasteiger partial charge in [-0.25, -0.2) is 9.97 Å². The second kappa shape index (κ2) is 9.54. The van der Waals surface area contributed by atoms with Crippen LogP contribution in [-0.4, -0.2) is 76.0 Å². The number of hydrogen-bond acceptors (Lipinski definition) is 7. The highest BCUT2D eigenvalue weighted by Crippen LogP contribution is 2.30. The van der Waals surface area contributed by atoms with Crippen molar-refractivity contribution in [1.29, 1.82) is 0 Å². The van der Waals surface area contributed by atoms with Crippen LogP contribution in [0.25, 0.3) is 0 Å². The van der Waals surface area contributed by atoms with E-state index in [1.807, 2.05) is 12.4 Å². The van der Waals surface area contributed by atoms with Gasteiger partial charge in [-0.2, -0.15) is 5.10 Å². The minimum absolute atomic E-state index is 0. The molecule has 0 bridgehead atoms. The first-order valence-electron chi connectivity index (χ1n) is 9.90. The SMILES string of the molecule is CC(c1cn[nH]c1)N1CCN(c2nccnc2N2CCC(CO)CC2)CC1.Cl. The van der Waals surface area contributed by atoms with E-state index >= 15 is 0 Å². The molecule has 0 amide bonds. The molecule has 0 aromatic carbocycles. The highest BCUT2D eigenvalue weighted by Gasteiger charge is 2.27. The van der Waals surface area contributed by atoms with Gasteiger partial charge in [0.05, 0.1) is 6.20 Å². The van der Waals surface area contributed by atoms with Crippen LogP contribution in [0, 0.1) is 5.92 Å². The highest BCUT2D eigenvalue weighted by molar-refractivity contribution is 5.85. The summed E-state index contributed by atoms with van der Waals surface area (Å²) >= 11 is 0. The predicted octanol–water partition coefficient (Wildman–Crippen LogP) is 1.71. The number of rotatable bonds is 5. The number of halogens is 1. The number of H-pyrrole nitrogens is 1. The van der Waals surface area contributed by atoms with Gasteiger partial charge in [-0.05, 0) is 25.7 Å². The molecule has 0 saturated carbocycles. The lowest BCUT2D eigenvalue weighted by molar-refractivity contribution is 0.198. The van der Waals surface area contributed by atoms with Crippen LogP contribution in [-0.2, 0) is 0 Å². The van der Waals surface area contributed by atoms with Gasteiger partial charge in [0.2, 0.25) is 0 Å². The summed E-state index contributed by atoms with van der Waals surface area (Å²) in [5, 5.41) is 16.4. The number of aromatic nitrogens is 4. The summed E-state index contributed by atoms with van der Waals surface area (Å²) in [5.41, 5.74) is 1.23. The Bertz CT molecular complexity index is 713. The number of aromatic amines is 1. The van der Waals surface area contributed by atoms with Gasteiger partial charge in [-0.3, -0.25) is 10.00 Å². The molecule has 4 rings (SSSR count). The van der Waals surface area contributed by atoms with E-state index in [-0.39, 0.29) is 19.0 Å². The molecule has 154 valence electrons. The first-order valence-corrected chi connectivity index (χ1v) is 9.90. The molecule has 1 atom stereocenters. The molecule has 4 heterocycles. The normalized spacial score (nSPS) is 20.1. The largest absolute Gasteiger partial charge is 0.396 e. The molecule has 8 nitrogen and oxygen atoms in total. The second-order valence-electron chi connectivity index (χ2n) is 7.55. The lowest BCUT2D eigenvalue weighted by atomic mass is 9.98. The summed E-state index contributed by atoms with van der Waals surface area (Å²) in [7, 11) is 0. The van der Waals surface area contributed by atoms with Crippen LogP contribution in [0.2, 0.25) is 0 Å². The number of piperidine rings is 1. The van der Waals surface area contributed by atoms with Gasteiger partial charge in [-0.15, -0.1) is 12.4 Å². The molecule has 2 aliphatic rings. The number of piperazine rings is 1. The van der Waals surface area contributed by atoms with Crippen molar-refractivity contribution in [3.63, 3.8) is 0 Å². The number of anilines is 2. The Morgan fingerprint density at radius 1 is 1.04 bits per heavy atom. The van der Waals surface area contributed by atoms with Gasteiger partial charge in [0, 0.05) is 76.1 Å². The zero-order chi connectivity index (χ0) is 18.6. The average molecular weight is 408 g/mol. The summed E-state index contributed by atoms with van der Waals surface area (Å²) in [6.07, 6.45) is 9.50. The van der Waals surface area contributed by atoms with Crippen LogP contribution in [0.15, 0.2) is 24.8 Å². The Hall–Kier alpha value is -1.90. The third-order valence-corrected chi connectivity index (χ3v) is 6.00. The van der Waals surface area contributed by atoms with Crippen LogP contribution in [0.5, 0.6) is 0 Å². The maximum absolute atomic E-state index is 9.38. The van der Waals surface area contributed by atoms with Gasteiger partial charge in [-0.1, -0.05) is 0 Å². The molecule has 0 aliphatic carbocycles. The smallest absolute Gasteiger partial charge is 0.172 e. The molecule has 2 N–H and O–H groups in total. The molecular weight excluding hydrogens is 378 g/mol. The highest BCUT2D eigenvalue weighted by atomic mass is 35.5. The van der Waals surface area contributed by atoms with Crippen molar-refractivity contribution < 1.29 is 5.11 Å². The molecule has 2 aromatic heterocycles. The van der Waals surface area contributed by atoms with Crippen molar-refractivity contribution in [2.24, 2.45) is 5.92 Å². The van der Waals surface area contributed by atoms with Crippen molar-refractivity contribution in [3.05, 3.63) is 30.4 Å². The van der Waals surface area contributed by atoms with Crippen molar-refractivity contribution in [2.75, 3.05) is 55.7 Å². The molecule has 2 saturated heterocycles. The van der Waals surface area contributed by atoms with Crippen molar-refractivity contribution >= 4 is 24.0 Å². The minimum Gasteiger partial charge on any atom is -0.396 e. The van der Waals surface area contributed by atoms with Crippen LogP contribution in [0.4, 0.5) is 11.6 Å². The molecule has 2 fully saturated rings. The molecule has 1 unspecified atom stereocenters. The van der Waals surface area contributed by atoms with Crippen LogP contribution in [0.1, 0.15) is 31.4 Å². The Balaban J connectivity index is 0.00000225. The third kappa shape index (κ3) is 4.39. The van der Waals surface area contributed by atoms with E-state index in [0.717, 1.165) is 63.7 Å². The monoisotopic (exact) mass is 407 g/mol. The van der Waals surface area contributed by atoms with E-state index in [0.29, 0.717) is 12.0 Å². The fourth-order valence-corrected chi connectivity index (χ4v) is 4.12. The molecular formula is C19H30ClN7O. The quantitative estimate of drug-likeness (QED) is 0.780. The fourth-order valence-electron chi connectivity index (χ4n) is 4.12. The fraction of sp³-hybridized carbons (Fsp3) is 0.632. The standard InChI is InChI=1S/C19H29N7O.ClH/c1-15(17-12-22-23-13-17)24-8-10-26(11-9-24)19-18(20-4-5-21-19)25-6-2-16(14-27)3-7-25;/h4-5,12-13,15-16,27H,2-3,6-11,14H2,1H3,(H,22,23);1H. The Kier molecular flexibility index (Phi) is 7.09. The zero-order valence-corrected chi connectivity index (χ0v) is 17.2. The number of aliphatic hydroxyl groups is 1. The predicted molar refractivity (Wildman–Crippen MR) is 112 cm³/mol. The molecule has 2 aliphatic heterocycles. The van der Waals surface area contributed by atoms with Crippen LogP contribution in [0.3, 0.4) is 0 Å². The Labute approximate surface area is 172 Å². The Morgan fingerprint density at radius 3 is 2.18 bits per heavy atom. The maximum Gasteiger partial charge on any atom is 0.172 e. The summed E-state index contributed by atoms with van der Waals surface area (Å²) in [5.74, 6) is 2.41. The molecule has 9 heteroatoms. The van der Waals surface area contributed by atoms with Crippen molar-refractivity contribution in [1.82, 2.24) is 25.1 Å². The van der Waals surface area contributed by atoms with Crippen LogP contribution >= 0.6 is 12.4 Å². The van der Waals surface area contributed by atoms with Crippen molar-refractivity contribution in [2.45, 2.75) is 25.8 Å². The van der Waals surface area contributed by atoms with Crippen molar-refractivity contribution in [3.8, 4) is 0 Å². The molecule has 2 aromatic rings. The van der Waals surface area contributed by atoms with Gasteiger partial charge in [0.25, 0.3) is 0 Å². The van der Waals surface area contributed by atoms with E-state index < -0.39 is 0 Å². The number of aliphatic hydroxyl groups excluding tert-OH is 1. The lowest BCUT2D eigenvalue weighted by Gasteiger charge is -2.40.